The number of alkyl halides is 1. The first-order valence-corrected chi connectivity index (χ1v) is 13.5. The molecule has 34 heavy (non-hydrogen) atoms. The number of halogens is 1. The average Bonchev–Trinajstić information content (AvgIpc) is 2.88. The number of methoxy groups -OCH3 is 1. The van der Waals surface area contributed by atoms with Crippen LogP contribution in [-0.4, -0.2) is 57.4 Å². The van der Waals surface area contributed by atoms with Crippen molar-refractivity contribution >= 4 is 6.03 Å². The van der Waals surface area contributed by atoms with E-state index in [0.717, 1.165) is 44.2 Å². The molecule has 192 valence electrons. The van der Waals surface area contributed by atoms with Gasteiger partial charge < -0.3 is 20.3 Å². The van der Waals surface area contributed by atoms with Crippen molar-refractivity contribution in [2.24, 2.45) is 11.8 Å². The number of hydrogen-bond donors (Lipinski definition) is 2. The van der Waals surface area contributed by atoms with Gasteiger partial charge in [-0.25, -0.2) is 9.18 Å². The van der Waals surface area contributed by atoms with E-state index in [2.05, 4.69) is 10.6 Å². The lowest BCUT2D eigenvalue weighted by atomic mass is 9.75. The minimum absolute atomic E-state index is 0.0319. The van der Waals surface area contributed by atoms with E-state index in [1.165, 1.54) is 32.1 Å². The van der Waals surface area contributed by atoms with Gasteiger partial charge in [0.2, 0.25) is 0 Å². The van der Waals surface area contributed by atoms with Gasteiger partial charge in [0, 0.05) is 45.3 Å². The van der Waals surface area contributed by atoms with Crippen LogP contribution in [0.4, 0.5) is 9.18 Å². The number of hydrogen-bond acceptors (Lipinski definition) is 3. The highest BCUT2D eigenvalue weighted by molar-refractivity contribution is 5.74. The van der Waals surface area contributed by atoms with Crippen LogP contribution < -0.4 is 10.6 Å². The number of amides is 2. The van der Waals surface area contributed by atoms with Gasteiger partial charge in [-0.15, -0.1) is 0 Å². The molecule has 1 saturated carbocycles. The van der Waals surface area contributed by atoms with Crippen LogP contribution in [0.3, 0.4) is 0 Å². The highest BCUT2D eigenvalue weighted by Gasteiger charge is 2.43. The SMILES string of the molecule is CNCC(CC1CCCCC1)NC(=O)N1CCCC(C(F)(CCCCOC)c2ccccc2)C1. The number of unbranched alkanes of at least 4 members (excludes halogenated alkanes) is 1. The standard InChI is InChI=1S/C28H46FN3O2/c1-30-21-26(20-23-12-5-3-6-13-23)31-27(33)32-18-11-16-25(22-32)28(29,17-9-10-19-34-2)24-14-7-4-8-15-24/h4,7-8,14-15,23,25-26,30H,3,5-6,9-13,16-22H2,1-2H3,(H,31,33). The molecule has 0 bridgehead atoms. The number of urea groups is 1. The molecule has 2 N–H and O–H groups in total. The lowest BCUT2D eigenvalue weighted by Crippen LogP contribution is -2.53. The molecule has 1 heterocycles. The summed E-state index contributed by atoms with van der Waals surface area (Å²) in [7, 11) is 3.63. The van der Waals surface area contributed by atoms with Crippen molar-refractivity contribution in [3.8, 4) is 0 Å². The second kappa shape index (κ2) is 14.0. The molecule has 3 atom stereocenters. The van der Waals surface area contributed by atoms with Crippen molar-refractivity contribution in [2.45, 2.75) is 82.3 Å². The van der Waals surface area contributed by atoms with Crippen LogP contribution in [0.5, 0.6) is 0 Å². The van der Waals surface area contributed by atoms with Crippen LogP contribution in [0.2, 0.25) is 0 Å². The van der Waals surface area contributed by atoms with Crippen LogP contribution in [-0.2, 0) is 10.4 Å². The van der Waals surface area contributed by atoms with E-state index in [1.54, 1.807) is 7.11 Å². The first-order valence-electron chi connectivity index (χ1n) is 13.5. The summed E-state index contributed by atoms with van der Waals surface area (Å²) in [6.07, 6.45) is 11.3. The Bertz CT molecular complexity index is 713. The molecule has 0 aromatic heterocycles. The van der Waals surface area contributed by atoms with Gasteiger partial charge in [-0.1, -0.05) is 62.4 Å². The molecule has 2 aliphatic rings. The monoisotopic (exact) mass is 475 g/mol. The Hall–Kier alpha value is -1.66. The maximum absolute atomic E-state index is 16.8. The Morgan fingerprint density at radius 2 is 1.91 bits per heavy atom. The summed E-state index contributed by atoms with van der Waals surface area (Å²) in [6, 6.07) is 9.67. The molecule has 6 heteroatoms. The quantitative estimate of drug-likeness (QED) is 0.384. The summed E-state index contributed by atoms with van der Waals surface area (Å²) < 4.78 is 21.9. The molecule has 1 aromatic rings. The van der Waals surface area contributed by atoms with E-state index < -0.39 is 5.67 Å². The Morgan fingerprint density at radius 1 is 1.15 bits per heavy atom. The highest BCUT2D eigenvalue weighted by atomic mass is 19.1. The van der Waals surface area contributed by atoms with Crippen LogP contribution in [0.1, 0.15) is 76.2 Å². The van der Waals surface area contributed by atoms with Crippen molar-refractivity contribution < 1.29 is 13.9 Å². The fraction of sp³-hybridized carbons (Fsp3) is 0.750. The zero-order chi connectivity index (χ0) is 24.2. The molecule has 1 saturated heterocycles. The minimum atomic E-state index is -1.43. The first-order chi connectivity index (χ1) is 16.6. The summed E-state index contributed by atoms with van der Waals surface area (Å²) in [5.41, 5.74) is -0.689. The number of nitrogens with zero attached hydrogens (tertiary/aromatic N) is 1. The maximum atomic E-state index is 16.8. The largest absolute Gasteiger partial charge is 0.385 e. The third-order valence-corrected chi connectivity index (χ3v) is 7.87. The van der Waals surface area contributed by atoms with Gasteiger partial charge in [-0.3, -0.25) is 0 Å². The Labute approximate surface area is 206 Å². The van der Waals surface area contributed by atoms with Gasteiger partial charge in [0.15, 0.2) is 0 Å². The summed E-state index contributed by atoms with van der Waals surface area (Å²) >= 11 is 0. The Kier molecular flexibility index (Phi) is 11.1. The predicted molar refractivity (Wildman–Crippen MR) is 137 cm³/mol. The molecule has 3 rings (SSSR count). The van der Waals surface area contributed by atoms with Gasteiger partial charge >= 0.3 is 6.03 Å². The summed E-state index contributed by atoms with van der Waals surface area (Å²) in [4.78, 5) is 15.1. The smallest absolute Gasteiger partial charge is 0.317 e. The molecule has 1 aliphatic carbocycles. The molecule has 0 radical (unpaired) electrons. The molecular weight excluding hydrogens is 429 g/mol. The molecule has 1 aromatic carbocycles. The van der Waals surface area contributed by atoms with Crippen LogP contribution in [0.15, 0.2) is 30.3 Å². The Balaban J connectivity index is 1.64. The summed E-state index contributed by atoms with van der Waals surface area (Å²) in [5.74, 6) is 0.503. The van der Waals surface area contributed by atoms with Gasteiger partial charge in [-0.05, 0) is 57.1 Å². The van der Waals surface area contributed by atoms with Gasteiger partial charge in [-0.2, -0.15) is 0 Å². The molecule has 2 fully saturated rings. The van der Waals surface area contributed by atoms with Gasteiger partial charge in [0.05, 0.1) is 0 Å². The summed E-state index contributed by atoms with van der Waals surface area (Å²) in [5, 5.41) is 6.54. The number of carbonyl (C=O) groups is 1. The third kappa shape index (κ3) is 7.67. The number of likely N-dealkylation sites (tertiary alicyclic amines) is 1. The van der Waals surface area contributed by atoms with E-state index in [-0.39, 0.29) is 18.0 Å². The second-order valence-corrected chi connectivity index (χ2v) is 10.4. The molecule has 5 nitrogen and oxygen atoms in total. The number of piperidine rings is 1. The number of benzene rings is 1. The zero-order valence-electron chi connectivity index (χ0n) is 21.4. The fourth-order valence-corrected chi connectivity index (χ4v) is 5.99. The number of carbonyl (C=O) groups excluding carboxylic acids is 1. The molecule has 2 amide bonds. The van der Waals surface area contributed by atoms with Crippen molar-refractivity contribution in [1.29, 1.82) is 0 Å². The minimum Gasteiger partial charge on any atom is -0.385 e. The zero-order valence-corrected chi connectivity index (χ0v) is 21.4. The highest BCUT2D eigenvalue weighted by Crippen LogP contribution is 2.43. The van der Waals surface area contributed by atoms with Crippen LogP contribution >= 0.6 is 0 Å². The van der Waals surface area contributed by atoms with E-state index in [0.29, 0.717) is 32.0 Å². The topological polar surface area (TPSA) is 53.6 Å². The van der Waals surface area contributed by atoms with E-state index >= 15 is 4.39 Å². The molecule has 1 aliphatic heterocycles. The normalized spacial score (nSPS) is 22.2. The number of nitrogens with one attached hydrogen (secondary N) is 2. The lowest BCUT2D eigenvalue weighted by molar-refractivity contribution is 0.0208. The molecule has 3 unspecified atom stereocenters. The fourth-order valence-electron chi connectivity index (χ4n) is 5.99. The van der Waals surface area contributed by atoms with Crippen LogP contribution in [0, 0.1) is 11.8 Å². The maximum Gasteiger partial charge on any atom is 0.317 e. The first kappa shape index (κ1) is 26.9. The van der Waals surface area contributed by atoms with E-state index in [1.807, 2.05) is 42.3 Å². The van der Waals surface area contributed by atoms with Gasteiger partial charge in [0.25, 0.3) is 0 Å². The molecule has 0 spiro atoms. The van der Waals surface area contributed by atoms with E-state index in [9.17, 15) is 4.79 Å². The second-order valence-electron chi connectivity index (χ2n) is 10.4. The summed E-state index contributed by atoms with van der Waals surface area (Å²) in [6.45, 7) is 2.60. The Morgan fingerprint density at radius 3 is 2.62 bits per heavy atom. The number of ether oxygens (including phenoxy) is 1. The van der Waals surface area contributed by atoms with Crippen molar-refractivity contribution in [2.75, 3.05) is 40.4 Å². The third-order valence-electron chi connectivity index (χ3n) is 7.87. The van der Waals surface area contributed by atoms with Crippen molar-refractivity contribution in [3.05, 3.63) is 35.9 Å². The lowest BCUT2D eigenvalue weighted by Gasteiger charge is -2.41. The van der Waals surface area contributed by atoms with Crippen LogP contribution in [0.25, 0.3) is 0 Å². The van der Waals surface area contributed by atoms with Gasteiger partial charge in [0.1, 0.15) is 5.67 Å². The average molecular weight is 476 g/mol. The number of rotatable bonds is 12. The predicted octanol–water partition coefficient (Wildman–Crippen LogP) is 5.65. The van der Waals surface area contributed by atoms with Crippen molar-refractivity contribution in [1.82, 2.24) is 15.5 Å². The molecular formula is C28H46FN3O2. The number of likely N-dealkylation sites (N-methyl/N-ethyl adjacent to an activating group) is 1. The van der Waals surface area contributed by atoms with E-state index in [4.69, 9.17) is 4.74 Å². The van der Waals surface area contributed by atoms with Crippen molar-refractivity contribution in [3.63, 3.8) is 0 Å².